The van der Waals surface area contributed by atoms with Gasteiger partial charge >= 0.3 is 6.18 Å². The molecule has 0 saturated carbocycles. The molecule has 2 aromatic rings. The Morgan fingerprint density at radius 1 is 1.33 bits per heavy atom. The van der Waals surface area contributed by atoms with Crippen LogP contribution >= 0.6 is 11.6 Å². The summed E-state index contributed by atoms with van der Waals surface area (Å²) in [7, 11) is 0. The number of nitrogens with one attached hydrogen (secondary N) is 1. The zero-order valence-corrected chi connectivity index (χ0v) is 15.6. The molecular formula is C17H18ClF3N4O2. The molecule has 3 heterocycles. The fourth-order valence-corrected chi connectivity index (χ4v) is 2.88. The van der Waals surface area contributed by atoms with Crippen molar-refractivity contribution in [3.63, 3.8) is 0 Å². The SMILES string of the molecule is CC(C)(C)c1cc(NC(=O)[C@@H]2CCN2c2ncc(C(F)(F)F)cc2Cl)on1. The number of rotatable bonds is 3. The monoisotopic (exact) mass is 402 g/mol. The third kappa shape index (κ3) is 4.02. The van der Waals surface area contributed by atoms with Crippen LogP contribution in [0, 0.1) is 0 Å². The highest BCUT2D eigenvalue weighted by Crippen LogP contribution is 2.36. The van der Waals surface area contributed by atoms with Crippen molar-refractivity contribution in [2.75, 3.05) is 16.8 Å². The molecule has 0 aromatic carbocycles. The van der Waals surface area contributed by atoms with Gasteiger partial charge in [0.05, 0.1) is 16.3 Å². The molecule has 6 nitrogen and oxygen atoms in total. The molecule has 3 rings (SSSR count). The molecule has 1 N–H and O–H groups in total. The Kier molecular flexibility index (Phi) is 4.83. The molecule has 1 aliphatic rings. The maximum atomic E-state index is 12.7. The lowest BCUT2D eigenvalue weighted by atomic mass is 9.92. The van der Waals surface area contributed by atoms with E-state index in [1.165, 1.54) is 0 Å². The van der Waals surface area contributed by atoms with Gasteiger partial charge in [0.25, 0.3) is 0 Å². The lowest BCUT2D eigenvalue weighted by Gasteiger charge is -2.40. The van der Waals surface area contributed by atoms with Crippen molar-refractivity contribution >= 4 is 29.2 Å². The Labute approximate surface area is 158 Å². The van der Waals surface area contributed by atoms with Crippen LogP contribution in [0.1, 0.15) is 38.4 Å². The van der Waals surface area contributed by atoms with Crippen molar-refractivity contribution in [1.29, 1.82) is 0 Å². The van der Waals surface area contributed by atoms with Gasteiger partial charge in [-0.05, 0) is 12.5 Å². The summed E-state index contributed by atoms with van der Waals surface area (Å²) in [6.45, 7) is 6.34. The second kappa shape index (κ2) is 6.70. The molecule has 27 heavy (non-hydrogen) atoms. The molecule has 0 aliphatic carbocycles. The Bertz CT molecular complexity index is 861. The number of anilines is 2. The quantitative estimate of drug-likeness (QED) is 0.830. The van der Waals surface area contributed by atoms with Crippen molar-refractivity contribution in [2.24, 2.45) is 0 Å². The minimum absolute atomic E-state index is 0.143. The Balaban J connectivity index is 1.72. The topological polar surface area (TPSA) is 71.3 Å². The molecule has 1 atom stereocenters. The van der Waals surface area contributed by atoms with E-state index < -0.39 is 17.8 Å². The first-order valence-electron chi connectivity index (χ1n) is 8.24. The molecule has 1 amide bonds. The van der Waals surface area contributed by atoms with Crippen LogP contribution in [0.15, 0.2) is 22.9 Å². The number of pyridine rings is 1. The van der Waals surface area contributed by atoms with Crippen LogP contribution in [-0.4, -0.2) is 28.6 Å². The van der Waals surface area contributed by atoms with Gasteiger partial charge in [0, 0.05) is 24.2 Å². The third-order valence-electron chi connectivity index (χ3n) is 4.27. The summed E-state index contributed by atoms with van der Waals surface area (Å²) < 4.78 is 43.3. The van der Waals surface area contributed by atoms with Crippen LogP contribution < -0.4 is 10.2 Å². The zero-order valence-electron chi connectivity index (χ0n) is 14.9. The Morgan fingerprint density at radius 2 is 2.04 bits per heavy atom. The lowest BCUT2D eigenvalue weighted by Crippen LogP contribution is -2.55. The maximum absolute atomic E-state index is 12.7. The lowest BCUT2D eigenvalue weighted by molar-refractivity contribution is -0.137. The summed E-state index contributed by atoms with van der Waals surface area (Å²) in [4.78, 5) is 17.8. The van der Waals surface area contributed by atoms with Gasteiger partial charge in [-0.15, -0.1) is 0 Å². The van der Waals surface area contributed by atoms with E-state index in [9.17, 15) is 18.0 Å². The second-order valence-electron chi connectivity index (χ2n) is 7.34. The van der Waals surface area contributed by atoms with Gasteiger partial charge < -0.3 is 9.42 Å². The number of hydrogen-bond donors (Lipinski definition) is 1. The highest BCUT2D eigenvalue weighted by molar-refractivity contribution is 6.33. The van der Waals surface area contributed by atoms with E-state index in [2.05, 4.69) is 15.5 Å². The molecule has 146 valence electrons. The predicted molar refractivity (Wildman–Crippen MR) is 93.8 cm³/mol. The van der Waals surface area contributed by atoms with Crippen molar-refractivity contribution in [3.8, 4) is 0 Å². The van der Waals surface area contributed by atoms with Gasteiger partial charge in [-0.25, -0.2) is 4.98 Å². The summed E-state index contributed by atoms with van der Waals surface area (Å²) in [5.74, 6) is -0.0112. The fraction of sp³-hybridized carbons (Fsp3) is 0.471. The molecule has 0 radical (unpaired) electrons. The van der Waals surface area contributed by atoms with Crippen LogP contribution in [0.25, 0.3) is 0 Å². The smallest absolute Gasteiger partial charge is 0.343 e. The van der Waals surface area contributed by atoms with Crippen LogP contribution in [0.3, 0.4) is 0 Å². The average molecular weight is 403 g/mol. The molecule has 0 spiro atoms. The molecule has 1 saturated heterocycles. The van der Waals surface area contributed by atoms with E-state index in [0.29, 0.717) is 24.9 Å². The summed E-state index contributed by atoms with van der Waals surface area (Å²) in [6, 6.07) is 1.85. The summed E-state index contributed by atoms with van der Waals surface area (Å²) in [6.07, 6.45) is -3.30. The van der Waals surface area contributed by atoms with Crippen molar-refractivity contribution in [2.45, 2.75) is 44.8 Å². The van der Waals surface area contributed by atoms with E-state index in [1.807, 2.05) is 20.8 Å². The largest absolute Gasteiger partial charge is 0.417 e. The minimum Gasteiger partial charge on any atom is -0.343 e. The number of nitrogens with zero attached hydrogens (tertiary/aromatic N) is 3. The van der Waals surface area contributed by atoms with Crippen molar-refractivity contribution in [3.05, 3.63) is 34.6 Å². The highest BCUT2D eigenvalue weighted by Gasteiger charge is 2.38. The maximum Gasteiger partial charge on any atom is 0.417 e. The minimum atomic E-state index is -4.53. The van der Waals surface area contributed by atoms with E-state index in [4.69, 9.17) is 16.1 Å². The highest BCUT2D eigenvalue weighted by atomic mass is 35.5. The first-order valence-corrected chi connectivity index (χ1v) is 8.62. The first-order chi connectivity index (χ1) is 12.5. The van der Waals surface area contributed by atoms with Gasteiger partial charge in [-0.3, -0.25) is 10.1 Å². The molecule has 1 aliphatic heterocycles. The number of carbonyl (C=O) groups excluding carboxylic acids is 1. The molecule has 1 fully saturated rings. The predicted octanol–water partition coefficient (Wildman–Crippen LogP) is 4.26. The average Bonchev–Trinajstić information content (AvgIpc) is 2.95. The number of amides is 1. The van der Waals surface area contributed by atoms with Crippen LogP contribution in [0.2, 0.25) is 5.02 Å². The van der Waals surface area contributed by atoms with E-state index in [-0.39, 0.29) is 28.0 Å². The Hall–Kier alpha value is -2.29. The zero-order chi connectivity index (χ0) is 20.0. The molecule has 0 unspecified atom stereocenters. The number of halogens is 4. The number of alkyl halides is 3. The second-order valence-corrected chi connectivity index (χ2v) is 7.75. The van der Waals surface area contributed by atoms with Crippen LogP contribution in [-0.2, 0) is 16.4 Å². The van der Waals surface area contributed by atoms with Crippen molar-refractivity contribution in [1.82, 2.24) is 10.1 Å². The molecule has 2 aromatic heterocycles. The standard InChI is InChI=1S/C17H18ClF3N4O2/c1-16(2,3)12-7-13(27-24-12)23-15(26)11-4-5-25(11)14-10(18)6-9(8-22-14)17(19,20)21/h6-8,11H,4-5H2,1-3H3,(H,23,26)/t11-/m0/s1. The molecule has 10 heteroatoms. The van der Waals surface area contributed by atoms with E-state index >= 15 is 0 Å². The van der Waals surface area contributed by atoms with Gasteiger partial charge in [0.1, 0.15) is 11.9 Å². The van der Waals surface area contributed by atoms with Gasteiger partial charge in [-0.1, -0.05) is 37.5 Å². The summed E-state index contributed by atoms with van der Waals surface area (Å²) >= 11 is 5.96. The van der Waals surface area contributed by atoms with Gasteiger partial charge in [0.2, 0.25) is 11.8 Å². The van der Waals surface area contributed by atoms with Gasteiger partial charge in [-0.2, -0.15) is 13.2 Å². The molecule has 0 bridgehead atoms. The van der Waals surface area contributed by atoms with Crippen molar-refractivity contribution < 1.29 is 22.5 Å². The van der Waals surface area contributed by atoms with E-state index in [0.717, 1.165) is 6.07 Å². The van der Waals surface area contributed by atoms with Crippen LogP contribution in [0.4, 0.5) is 24.9 Å². The third-order valence-corrected chi connectivity index (χ3v) is 4.55. The number of hydrogen-bond acceptors (Lipinski definition) is 5. The molecular weight excluding hydrogens is 385 g/mol. The summed E-state index contributed by atoms with van der Waals surface area (Å²) in [5.41, 5.74) is -0.475. The fourth-order valence-electron chi connectivity index (χ4n) is 2.60. The number of aromatic nitrogens is 2. The normalized spacial score (nSPS) is 17.6. The van der Waals surface area contributed by atoms with E-state index in [1.54, 1.807) is 11.0 Å². The summed E-state index contributed by atoms with van der Waals surface area (Å²) in [5, 5.41) is 6.40. The van der Waals surface area contributed by atoms with Crippen LogP contribution in [0.5, 0.6) is 0 Å². The number of carbonyl (C=O) groups is 1. The Morgan fingerprint density at radius 3 is 2.52 bits per heavy atom. The first kappa shape index (κ1) is 19.5. The van der Waals surface area contributed by atoms with Gasteiger partial charge in [0.15, 0.2) is 0 Å².